The average molecular weight is 362 g/mol. The van der Waals surface area contributed by atoms with Gasteiger partial charge in [-0.3, -0.25) is 4.79 Å². The number of rotatable bonds is 7. The minimum atomic E-state index is -0.928. The van der Waals surface area contributed by atoms with Gasteiger partial charge in [-0.1, -0.05) is 6.07 Å². The molecule has 0 saturated heterocycles. The van der Waals surface area contributed by atoms with Crippen molar-refractivity contribution in [2.45, 2.75) is 19.9 Å². The summed E-state index contributed by atoms with van der Waals surface area (Å²) in [4.78, 5) is 23.6. The van der Waals surface area contributed by atoms with E-state index in [-0.39, 0.29) is 18.5 Å². The number of carbonyl (C=O) groups excluding carboxylic acids is 2. The number of ether oxygens (including phenoxy) is 1. The van der Waals surface area contributed by atoms with Crippen molar-refractivity contribution in [2.24, 2.45) is 0 Å². The van der Waals surface area contributed by atoms with E-state index in [1.807, 2.05) is 0 Å². The summed E-state index contributed by atoms with van der Waals surface area (Å²) in [7, 11) is 0. The van der Waals surface area contributed by atoms with Gasteiger partial charge >= 0.3 is 5.97 Å². The second-order valence-corrected chi connectivity index (χ2v) is 5.62. The van der Waals surface area contributed by atoms with Gasteiger partial charge in [-0.15, -0.1) is 0 Å². The Hall–Kier alpha value is -2.80. The molecule has 0 radical (unpaired) electrons. The lowest BCUT2D eigenvalue weighted by Crippen LogP contribution is -2.30. The third-order valence-electron chi connectivity index (χ3n) is 3.69. The number of carbonyl (C=O) groups is 2. The lowest BCUT2D eigenvalue weighted by Gasteiger charge is -2.14. The molecule has 2 aromatic carbocycles. The summed E-state index contributed by atoms with van der Waals surface area (Å²) in [6.07, 6.45) is 0. The maximum Gasteiger partial charge on any atom is 0.338 e. The highest BCUT2D eigenvalue weighted by atomic mass is 19.2. The Morgan fingerprint density at radius 3 is 2.38 bits per heavy atom. The standard InChI is InChI=1S/C19H20F2N2O3/c1-3-26-19(25)13-4-7-15(8-5-13)23-18(24)11-22-12(2)14-6-9-16(20)17(21)10-14/h4-10,12,22H,3,11H2,1-2H3,(H,23,24)/t12-/m0/s1. The predicted octanol–water partition coefficient (Wildman–Crippen LogP) is 3.43. The minimum Gasteiger partial charge on any atom is -0.462 e. The molecule has 0 bridgehead atoms. The Bertz CT molecular complexity index is 779. The molecule has 0 aromatic heterocycles. The van der Waals surface area contributed by atoms with Crippen LogP contribution < -0.4 is 10.6 Å². The minimum absolute atomic E-state index is 0.0141. The first-order valence-corrected chi connectivity index (χ1v) is 8.16. The highest BCUT2D eigenvalue weighted by Gasteiger charge is 2.11. The zero-order chi connectivity index (χ0) is 19.1. The smallest absolute Gasteiger partial charge is 0.338 e. The Labute approximate surface area is 150 Å². The van der Waals surface area contributed by atoms with Crippen molar-refractivity contribution in [1.29, 1.82) is 0 Å². The lowest BCUT2D eigenvalue weighted by atomic mass is 10.1. The summed E-state index contributed by atoms with van der Waals surface area (Å²) in [5, 5.41) is 5.62. The van der Waals surface area contributed by atoms with Crippen LogP contribution in [-0.4, -0.2) is 25.0 Å². The van der Waals surface area contributed by atoms with Gasteiger partial charge in [0, 0.05) is 11.7 Å². The number of hydrogen-bond donors (Lipinski definition) is 2. The van der Waals surface area contributed by atoms with E-state index in [2.05, 4.69) is 10.6 Å². The normalized spacial score (nSPS) is 11.7. The van der Waals surface area contributed by atoms with Crippen molar-refractivity contribution in [1.82, 2.24) is 5.32 Å². The molecule has 0 fully saturated rings. The van der Waals surface area contributed by atoms with Crippen molar-refractivity contribution in [3.05, 3.63) is 65.2 Å². The third-order valence-corrected chi connectivity index (χ3v) is 3.69. The Kier molecular flexibility index (Phi) is 6.80. The monoisotopic (exact) mass is 362 g/mol. The molecule has 0 aliphatic rings. The van der Waals surface area contributed by atoms with Crippen molar-refractivity contribution >= 4 is 17.6 Å². The summed E-state index contributed by atoms with van der Waals surface area (Å²) >= 11 is 0. The number of hydrogen-bond acceptors (Lipinski definition) is 4. The van der Waals surface area contributed by atoms with Gasteiger partial charge in [-0.05, 0) is 55.8 Å². The third kappa shape index (κ3) is 5.35. The van der Waals surface area contributed by atoms with E-state index in [0.29, 0.717) is 23.4 Å². The molecule has 5 nitrogen and oxygen atoms in total. The van der Waals surface area contributed by atoms with E-state index in [0.717, 1.165) is 12.1 Å². The number of benzene rings is 2. The van der Waals surface area contributed by atoms with Crippen LogP contribution in [0.4, 0.5) is 14.5 Å². The maximum absolute atomic E-state index is 13.2. The highest BCUT2D eigenvalue weighted by molar-refractivity contribution is 5.94. The second kappa shape index (κ2) is 9.05. The summed E-state index contributed by atoms with van der Waals surface area (Å²) in [5.41, 5.74) is 1.47. The van der Waals surface area contributed by atoms with Crippen molar-refractivity contribution < 1.29 is 23.1 Å². The van der Waals surface area contributed by atoms with Gasteiger partial charge in [0.15, 0.2) is 11.6 Å². The molecular weight excluding hydrogens is 342 g/mol. The molecule has 1 atom stereocenters. The molecule has 26 heavy (non-hydrogen) atoms. The molecular formula is C19H20F2N2O3. The molecule has 0 saturated carbocycles. The molecule has 0 unspecified atom stereocenters. The van der Waals surface area contributed by atoms with E-state index >= 15 is 0 Å². The second-order valence-electron chi connectivity index (χ2n) is 5.62. The fraction of sp³-hybridized carbons (Fsp3) is 0.263. The van der Waals surface area contributed by atoms with Crippen LogP contribution >= 0.6 is 0 Å². The number of nitrogens with one attached hydrogen (secondary N) is 2. The number of amides is 1. The average Bonchev–Trinajstić information content (AvgIpc) is 2.62. The van der Waals surface area contributed by atoms with Gasteiger partial charge in [0.05, 0.1) is 18.7 Å². The van der Waals surface area contributed by atoms with Crippen LogP contribution in [0, 0.1) is 11.6 Å². The van der Waals surface area contributed by atoms with Gasteiger partial charge in [0.25, 0.3) is 0 Å². The van der Waals surface area contributed by atoms with E-state index in [4.69, 9.17) is 4.74 Å². The van der Waals surface area contributed by atoms with Crippen LogP contribution in [0.2, 0.25) is 0 Å². The molecule has 0 aliphatic heterocycles. The number of esters is 1. The van der Waals surface area contributed by atoms with Crippen molar-refractivity contribution in [2.75, 3.05) is 18.5 Å². The van der Waals surface area contributed by atoms with E-state index < -0.39 is 17.6 Å². The SMILES string of the molecule is CCOC(=O)c1ccc(NC(=O)CN[C@@H](C)c2ccc(F)c(F)c2)cc1. The summed E-state index contributed by atoms with van der Waals surface area (Å²) < 4.78 is 31.1. The Morgan fingerprint density at radius 1 is 1.08 bits per heavy atom. The molecule has 7 heteroatoms. The van der Waals surface area contributed by atoms with Crippen LogP contribution in [0.15, 0.2) is 42.5 Å². The molecule has 0 aliphatic carbocycles. The summed E-state index contributed by atoms with van der Waals surface area (Å²) in [6, 6.07) is 9.60. The molecule has 1 amide bonds. The van der Waals surface area contributed by atoms with Gasteiger partial charge in [0.1, 0.15) is 0 Å². The molecule has 2 N–H and O–H groups in total. The van der Waals surface area contributed by atoms with E-state index in [1.165, 1.54) is 6.07 Å². The molecule has 0 spiro atoms. The van der Waals surface area contributed by atoms with Gasteiger partial charge in [-0.2, -0.15) is 0 Å². The fourth-order valence-corrected chi connectivity index (χ4v) is 2.25. The molecule has 138 valence electrons. The summed E-state index contributed by atoms with van der Waals surface area (Å²) in [6.45, 7) is 3.74. The molecule has 2 aromatic rings. The van der Waals surface area contributed by atoms with Crippen LogP contribution in [0.25, 0.3) is 0 Å². The zero-order valence-electron chi connectivity index (χ0n) is 14.5. The quantitative estimate of drug-likeness (QED) is 0.741. The fourth-order valence-electron chi connectivity index (χ4n) is 2.25. The van der Waals surface area contributed by atoms with Crippen LogP contribution in [0.5, 0.6) is 0 Å². The molecule has 0 heterocycles. The Morgan fingerprint density at radius 2 is 1.77 bits per heavy atom. The van der Waals surface area contributed by atoms with Crippen molar-refractivity contribution in [3.63, 3.8) is 0 Å². The van der Waals surface area contributed by atoms with Crippen LogP contribution in [-0.2, 0) is 9.53 Å². The number of anilines is 1. The first-order chi connectivity index (χ1) is 12.4. The van der Waals surface area contributed by atoms with Gasteiger partial charge in [0.2, 0.25) is 5.91 Å². The predicted molar refractivity (Wildman–Crippen MR) is 93.8 cm³/mol. The highest BCUT2D eigenvalue weighted by Crippen LogP contribution is 2.16. The molecule has 2 rings (SSSR count). The first-order valence-electron chi connectivity index (χ1n) is 8.16. The summed E-state index contributed by atoms with van der Waals surface area (Å²) in [5.74, 6) is -2.57. The lowest BCUT2D eigenvalue weighted by molar-refractivity contribution is -0.115. The number of halogens is 2. The first kappa shape index (κ1) is 19.5. The topological polar surface area (TPSA) is 67.4 Å². The largest absolute Gasteiger partial charge is 0.462 e. The Balaban J connectivity index is 1.86. The van der Waals surface area contributed by atoms with Crippen LogP contribution in [0.1, 0.15) is 35.8 Å². The van der Waals surface area contributed by atoms with Gasteiger partial charge in [-0.25, -0.2) is 13.6 Å². The maximum atomic E-state index is 13.2. The van der Waals surface area contributed by atoms with Crippen molar-refractivity contribution in [3.8, 4) is 0 Å². The zero-order valence-corrected chi connectivity index (χ0v) is 14.5. The van der Waals surface area contributed by atoms with E-state index in [9.17, 15) is 18.4 Å². The van der Waals surface area contributed by atoms with E-state index in [1.54, 1.807) is 38.1 Å². The van der Waals surface area contributed by atoms with Gasteiger partial charge < -0.3 is 15.4 Å². The van der Waals surface area contributed by atoms with Crippen LogP contribution in [0.3, 0.4) is 0 Å².